The zero-order chi connectivity index (χ0) is 11.7. The maximum atomic E-state index is 12.0. The van der Waals surface area contributed by atoms with Gasteiger partial charge < -0.3 is 5.73 Å². The molecule has 0 saturated heterocycles. The van der Waals surface area contributed by atoms with E-state index < -0.39 is 6.04 Å². The van der Waals surface area contributed by atoms with E-state index in [0.29, 0.717) is 14.8 Å². The summed E-state index contributed by atoms with van der Waals surface area (Å²) < 4.78 is 2.20. The Labute approximate surface area is 102 Å². The molecule has 0 aliphatic carbocycles. The van der Waals surface area contributed by atoms with Crippen molar-refractivity contribution >= 4 is 28.7 Å². The molecule has 0 bridgehead atoms. The van der Waals surface area contributed by atoms with E-state index in [0.717, 1.165) is 0 Å². The summed E-state index contributed by atoms with van der Waals surface area (Å²) in [5, 5.41) is 3.98. The van der Waals surface area contributed by atoms with Crippen LogP contribution in [0.1, 0.15) is 21.3 Å². The largest absolute Gasteiger partial charge is 0.317 e. The van der Waals surface area contributed by atoms with E-state index >= 15 is 0 Å². The number of aryl methyl sites for hydroxylation is 1. The lowest BCUT2D eigenvalue weighted by Crippen LogP contribution is -2.20. The standard InChI is InChI=1S/C10H10ClN3OS/c1-14-5-6(4-13-14)9(12)10(15)7-2-3-8(11)16-7/h2-5,9H,12H2,1H3. The van der Waals surface area contributed by atoms with E-state index in [2.05, 4.69) is 5.10 Å². The number of carbonyl (C=O) groups excluding carboxylic acids is 1. The number of Topliss-reactive ketones (excluding diaryl/α,β-unsaturated/α-hetero) is 1. The van der Waals surface area contributed by atoms with Crippen molar-refractivity contribution in [3.63, 3.8) is 0 Å². The van der Waals surface area contributed by atoms with Gasteiger partial charge in [0.05, 0.1) is 21.5 Å². The third-order valence-corrected chi connectivity index (χ3v) is 3.43. The van der Waals surface area contributed by atoms with Crippen LogP contribution in [0.3, 0.4) is 0 Å². The van der Waals surface area contributed by atoms with Gasteiger partial charge in [0, 0.05) is 18.8 Å². The van der Waals surface area contributed by atoms with Crippen LogP contribution in [0.2, 0.25) is 4.34 Å². The highest BCUT2D eigenvalue weighted by Crippen LogP contribution is 2.25. The number of ketones is 1. The summed E-state index contributed by atoms with van der Waals surface area (Å²) >= 11 is 7.00. The molecule has 2 rings (SSSR count). The molecule has 4 nitrogen and oxygen atoms in total. The molecule has 1 unspecified atom stereocenters. The second kappa shape index (κ2) is 4.37. The van der Waals surface area contributed by atoms with E-state index in [1.807, 2.05) is 0 Å². The average molecular weight is 256 g/mol. The zero-order valence-corrected chi connectivity index (χ0v) is 10.1. The molecule has 1 atom stereocenters. The van der Waals surface area contributed by atoms with Crippen molar-refractivity contribution in [2.24, 2.45) is 12.8 Å². The number of hydrogen-bond acceptors (Lipinski definition) is 4. The second-order valence-corrected chi connectivity index (χ2v) is 5.11. The van der Waals surface area contributed by atoms with Gasteiger partial charge >= 0.3 is 0 Å². The smallest absolute Gasteiger partial charge is 0.194 e. The van der Waals surface area contributed by atoms with Crippen LogP contribution in [-0.4, -0.2) is 15.6 Å². The van der Waals surface area contributed by atoms with E-state index in [1.54, 1.807) is 36.3 Å². The van der Waals surface area contributed by atoms with Gasteiger partial charge in [0.1, 0.15) is 0 Å². The van der Waals surface area contributed by atoms with Crippen molar-refractivity contribution in [1.82, 2.24) is 9.78 Å². The predicted molar refractivity (Wildman–Crippen MR) is 63.8 cm³/mol. The van der Waals surface area contributed by atoms with E-state index in [9.17, 15) is 4.79 Å². The van der Waals surface area contributed by atoms with Crippen LogP contribution in [0.25, 0.3) is 0 Å². The molecule has 2 N–H and O–H groups in total. The highest BCUT2D eigenvalue weighted by atomic mass is 35.5. The summed E-state index contributed by atoms with van der Waals surface area (Å²) in [6, 6.07) is 2.70. The van der Waals surface area contributed by atoms with Gasteiger partial charge in [-0.2, -0.15) is 5.10 Å². The van der Waals surface area contributed by atoms with Crippen molar-refractivity contribution in [2.75, 3.05) is 0 Å². The molecule has 0 fully saturated rings. The Balaban J connectivity index is 2.22. The Kier molecular flexibility index (Phi) is 3.09. The molecular formula is C10H10ClN3OS. The minimum atomic E-state index is -0.677. The molecule has 0 aliphatic heterocycles. The summed E-state index contributed by atoms with van der Waals surface area (Å²) in [6.45, 7) is 0. The van der Waals surface area contributed by atoms with Crippen LogP contribution in [0.5, 0.6) is 0 Å². The number of thiophene rings is 1. The third kappa shape index (κ3) is 2.16. The number of rotatable bonds is 3. The molecule has 2 heterocycles. The quantitative estimate of drug-likeness (QED) is 0.854. The normalized spacial score (nSPS) is 12.7. The average Bonchev–Trinajstić information content (AvgIpc) is 2.85. The third-order valence-electron chi connectivity index (χ3n) is 2.18. The van der Waals surface area contributed by atoms with Crippen LogP contribution < -0.4 is 5.73 Å². The maximum absolute atomic E-state index is 12.0. The van der Waals surface area contributed by atoms with Gasteiger partial charge in [-0.15, -0.1) is 11.3 Å². The van der Waals surface area contributed by atoms with Crippen molar-refractivity contribution in [3.05, 3.63) is 39.3 Å². The van der Waals surface area contributed by atoms with E-state index in [1.165, 1.54) is 11.3 Å². The Morgan fingerprint density at radius 3 is 2.88 bits per heavy atom. The summed E-state index contributed by atoms with van der Waals surface area (Å²) in [5.74, 6) is -0.134. The first-order valence-corrected chi connectivity index (χ1v) is 5.81. The SMILES string of the molecule is Cn1cc(C(N)C(=O)c2ccc(Cl)s2)cn1. The van der Waals surface area contributed by atoms with Gasteiger partial charge in [0.2, 0.25) is 0 Å². The van der Waals surface area contributed by atoms with Crippen molar-refractivity contribution < 1.29 is 4.79 Å². The molecule has 0 saturated carbocycles. The number of aromatic nitrogens is 2. The zero-order valence-electron chi connectivity index (χ0n) is 8.55. The first-order chi connectivity index (χ1) is 7.58. The maximum Gasteiger partial charge on any atom is 0.194 e. The van der Waals surface area contributed by atoms with Crippen molar-refractivity contribution in [2.45, 2.75) is 6.04 Å². The van der Waals surface area contributed by atoms with Gasteiger partial charge in [0.15, 0.2) is 5.78 Å². The Hall–Kier alpha value is -1.17. The number of nitrogens with zero attached hydrogens (tertiary/aromatic N) is 2. The number of nitrogens with two attached hydrogens (primary N) is 1. The van der Waals surface area contributed by atoms with Crippen molar-refractivity contribution in [1.29, 1.82) is 0 Å². The lowest BCUT2D eigenvalue weighted by molar-refractivity contribution is 0.0965. The number of carbonyl (C=O) groups is 1. The van der Waals surface area contributed by atoms with Crippen LogP contribution in [0, 0.1) is 0 Å². The molecule has 2 aromatic heterocycles. The summed E-state index contributed by atoms with van der Waals surface area (Å²) in [6.07, 6.45) is 3.33. The molecule has 0 amide bonds. The summed E-state index contributed by atoms with van der Waals surface area (Å²) in [7, 11) is 1.78. The topological polar surface area (TPSA) is 60.9 Å². The number of hydrogen-bond donors (Lipinski definition) is 1. The first-order valence-electron chi connectivity index (χ1n) is 4.61. The van der Waals surface area contributed by atoms with Gasteiger partial charge in [0.25, 0.3) is 0 Å². The van der Waals surface area contributed by atoms with Crippen molar-refractivity contribution in [3.8, 4) is 0 Å². The van der Waals surface area contributed by atoms with E-state index in [4.69, 9.17) is 17.3 Å². The molecule has 0 radical (unpaired) electrons. The molecule has 6 heteroatoms. The van der Waals surface area contributed by atoms with Crippen LogP contribution in [0.4, 0.5) is 0 Å². The second-order valence-electron chi connectivity index (χ2n) is 3.39. The van der Waals surface area contributed by atoms with Crippen LogP contribution in [-0.2, 0) is 7.05 Å². The van der Waals surface area contributed by atoms with Gasteiger partial charge in [-0.25, -0.2) is 0 Å². The summed E-state index contributed by atoms with van der Waals surface area (Å²) in [5.41, 5.74) is 6.56. The molecule has 2 aromatic rings. The fourth-order valence-corrected chi connectivity index (χ4v) is 2.37. The Morgan fingerprint density at radius 2 is 2.38 bits per heavy atom. The lowest BCUT2D eigenvalue weighted by Gasteiger charge is -2.05. The van der Waals surface area contributed by atoms with Crippen LogP contribution in [0.15, 0.2) is 24.5 Å². The highest BCUT2D eigenvalue weighted by Gasteiger charge is 2.20. The van der Waals surface area contributed by atoms with Gasteiger partial charge in [-0.1, -0.05) is 11.6 Å². The van der Waals surface area contributed by atoms with E-state index in [-0.39, 0.29) is 5.78 Å². The predicted octanol–water partition coefficient (Wildman–Crippen LogP) is 2.02. The fraction of sp³-hybridized carbons (Fsp3) is 0.200. The number of halogens is 1. The molecule has 84 valence electrons. The molecule has 0 spiro atoms. The van der Waals surface area contributed by atoms with Crippen LogP contribution >= 0.6 is 22.9 Å². The van der Waals surface area contributed by atoms with Gasteiger partial charge in [-0.3, -0.25) is 9.48 Å². The highest BCUT2D eigenvalue weighted by molar-refractivity contribution is 7.18. The first kappa shape index (κ1) is 11.3. The fourth-order valence-electron chi connectivity index (χ4n) is 1.35. The molecule has 0 aromatic carbocycles. The minimum absolute atomic E-state index is 0.134. The minimum Gasteiger partial charge on any atom is -0.317 e. The molecular weight excluding hydrogens is 246 g/mol. The summed E-state index contributed by atoms with van der Waals surface area (Å²) in [4.78, 5) is 12.5. The molecule has 16 heavy (non-hydrogen) atoms. The lowest BCUT2D eigenvalue weighted by atomic mass is 10.1. The molecule has 0 aliphatic rings. The monoisotopic (exact) mass is 255 g/mol. The Bertz CT molecular complexity index is 520. The van der Waals surface area contributed by atoms with Gasteiger partial charge in [-0.05, 0) is 12.1 Å². The Morgan fingerprint density at radius 1 is 1.62 bits per heavy atom.